The molecule has 2 nitrogen and oxygen atoms in total. The molecule has 0 spiro atoms. The normalized spacial score (nSPS) is 11.0. The van der Waals surface area contributed by atoms with Gasteiger partial charge in [0.15, 0.2) is 0 Å². The van der Waals surface area contributed by atoms with E-state index in [0.717, 1.165) is 16.8 Å². The fourth-order valence-electron chi connectivity index (χ4n) is 2.17. The molecule has 2 rings (SSSR count). The van der Waals surface area contributed by atoms with Crippen molar-refractivity contribution in [2.24, 2.45) is 0 Å². The third-order valence-electron chi connectivity index (χ3n) is 3.66. The van der Waals surface area contributed by atoms with Crippen LogP contribution in [-0.2, 0) is 10.2 Å². The van der Waals surface area contributed by atoms with Crippen LogP contribution in [0.5, 0.6) is 0 Å². The summed E-state index contributed by atoms with van der Waals surface area (Å²) in [7, 11) is 0. The van der Waals surface area contributed by atoms with Gasteiger partial charge in [-0.3, -0.25) is 4.79 Å². The zero-order chi connectivity index (χ0) is 19.0. The van der Waals surface area contributed by atoms with E-state index in [-0.39, 0.29) is 11.3 Å². The predicted octanol–water partition coefficient (Wildman–Crippen LogP) is 6.62. The van der Waals surface area contributed by atoms with Crippen molar-refractivity contribution in [2.45, 2.75) is 47.0 Å². The minimum atomic E-state index is -0.171. The van der Waals surface area contributed by atoms with Gasteiger partial charge in [0.25, 0.3) is 0 Å². The molecule has 134 valence electrons. The van der Waals surface area contributed by atoms with Crippen molar-refractivity contribution < 1.29 is 4.79 Å². The average Bonchev–Trinajstić information content (AvgIpc) is 2.58. The number of hydrogen-bond acceptors (Lipinski definition) is 1. The quantitative estimate of drug-likeness (QED) is 0.614. The Labute approximate surface area is 156 Å². The summed E-state index contributed by atoms with van der Waals surface area (Å²) in [4.78, 5) is 12.0. The van der Waals surface area contributed by atoms with Crippen molar-refractivity contribution >= 4 is 29.3 Å². The number of aryl methyl sites for hydroxylation is 1. The number of halogens is 1. The van der Waals surface area contributed by atoms with Crippen LogP contribution < -0.4 is 5.32 Å². The van der Waals surface area contributed by atoms with Crippen molar-refractivity contribution in [3.63, 3.8) is 0 Å². The number of rotatable bonds is 3. The Morgan fingerprint density at radius 3 is 2.20 bits per heavy atom. The topological polar surface area (TPSA) is 29.1 Å². The van der Waals surface area contributed by atoms with E-state index in [2.05, 4.69) is 38.2 Å². The zero-order valence-corrected chi connectivity index (χ0v) is 16.7. The lowest BCUT2D eigenvalue weighted by Crippen LogP contribution is -2.10. The lowest BCUT2D eigenvalue weighted by molar-refractivity contribution is -0.111. The van der Waals surface area contributed by atoms with Gasteiger partial charge in [-0.05, 0) is 47.2 Å². The number of amides is 1. The van der Waals surface area contributed by atoms with Crippen LogP contribution in [0, 0.1) is 6.92 Å². The third-order valence-corrected chi connectivity index (χ3v) is 3.90. The number of carbonyl (C=O) groups excluding carboxylic acids is 1. The largest absolute Gasteiger partial charge is 0.322 e. The van der Waals surface area contributed by atoms with E-state index in [1.165, 1.54) is 11.6 Å². The Morgan fingerprint density at radius 1 is 1.04 bits per heavy atom. The first-order valence-electron chi connectivity index (χ1n) is 8.61. The maximum atomic E-state index is 12.0. The fraction of sp³-hybridized carbons (Fsp3) is 0.318. The van der Waals surface area contributed by atoms with Crippen molar-refractivity contribution in [1.82, 2.24) is 0 Å². The number of nitrogens with one attached hydrogen (secondary N) is 1. The zero-order valence-electron chi connectivity index (χ0n) is 16.0. The summed E-state index contributed by atoms with van der Waals surface area (Å²) in [6, 6.07) is 13.7. The molecule has 0 heterocycles. The molecule has 25 heavy (non-hydrogen) atoms. The molecule has 2 aromatic carbocycles. The minimum absolute atomic E-state index is 0.129. The van der Waals surface area contributed by atoms with Gasteiger partial charge in [0.05, 0.1) is 0 Å². The highest BCUT2D eigenvalue weighted by Gasteiger charge is 2.12. The van der Waals surface area contributed by atoms with Gasteiger partial charge in [0, 0.05) is 16.8 Å². The Morgan fingerprint density at radius 2 is 1.64 bits per heavy atom. The molecule has 3 heteroatoms. The van der Waals surface area contributed by atoms with Gasteiger partial charge in [-0.15, -0.1) is 0 Å². The summed E-state index contributed by atoms with van der Waals surface area (Å²) in [6.07, 6.45) is 3.34. The first kappa shape index (κ1) is 21.0. The predicted molar refractivity (Wildman–Crippen MR) is 110 cm³/mol. The summed E-state index contributed by atoms with van der Waals surface area (Å²) in [5.74, 6) is -0.171. The van der Waals surface area contributed by atoms with E-state index in [0.29, 0.717) is 5.02 Å². The standard InChI is InChI=1S/C20H22ClNO.C2H6/c1-14-5-11-17(21)13-18(14)22-19(23)12-8-15-6-9-16(10-7-15)20(2,3)4;1-2/h5-13H,1-4H3,(H,22,23);1-2H3/b12-8+;. The van der Waals surface area contributed by atoms with E-state index in [9.17, 15) is 4.79 Å². The highest BCUT2D eigenvalue weighted by Crippen LogP contribution is 2.23. The van der Waals surface area contributed by atoms with E-state index in [1.54, 1.807) is 12.1 Å². The Kier molecular flexibility index (Phi) is 7.92. The summed E-state index contributed by atoms with van der Waals surface area (Å²) in [5, 5.41) is 3.45. The smallest absolute Gasteiger partial charge is 0.248 e. The molecule has 0 unspecified atom stereocenters. The minimum Gasteiger partial charge on any atom is -0.322 e. The first-order chi connectivity index (χ1) is 11.8. The molecular weight excluding hydrogens is 330 g/mol. The number of hydrogen-bond donors (Lipinski definition) is 1. The number of benzene rings is 2. The van der Waals surface area contributed by atoms with E-state index >= 15 is 0 Å². The van der Waals surface area contributed by atoms with Crippen molar-refractivity contribution in [1.29, 1.82) is 0 Å². The van der Waals surface area contributed by atoms with Crippen LogP contribution in [0.4, 0.5) is 5.69 Å². The third kappa shape index (κ3) is 6.75. The molecule has 0 atom stereocenters. The van der Waals surface area contributed by atoms with Gasteiger partial charge in [-0.2, -0.15) is 0 Å². The average molecular weight is 358 g/mol. The summed E-state index contributed by atoms with van der Waals surface area (Å²) in [5.41, 5.74) is 4.11. The second-order valence-electron chi connectivity index (χ2n) is 6.65. The molecule has 0 saturated heterocycles. The van der Waals surface area contributed by atoms with Crippen LogP contribution in [-0.4, -0.2) is 5.91 Å². The number of anilines is 1. The van der Waals surface area contributed by atoms with Gasteiger partial charge in [-0.25, -0.2) is 0 Å². The van der Waals surface area contributed by atoms with Crippen LogP contribution in [0.2, 0.25) is 5.02 Å². The molecule has 0 aliphatic carbocycles. The van der Waals surface area contributed by atoms with Gasteiger partial charge in [-0.1, -0.05) is 76.6 Å². The summed E-state index contributed by atoms with van der Waals surface area (Å²) >= 11 is 5.96. The molecule has 1 N–H and O–H groups in total. The van der Waals surface area contributed by atoms with Crippen molar-refractivity contribution in [3.05, 3.63) is 70.3 Å². The summed E-state index contributed by atoms with van der Waals surface area (Å²) in [6.45, 7) is 12.5. The van der Waals surface area contributed by atoms with Crippen LogP contribution in [0.15, 0.2) is 48.5 Å². The lowest BCUT2D eigenvalue weighted by atomic mass is 9.87. The fourth-order valence-corrected chi connectivity index (χ4v) is 2.34. The molecule has 0 fully saturated rings. The van der Waals surface area contributed by atoms with Crippen LogP contribution in [0.1, 0.15) is 51.3 Å². The number of carbonyl (C=O) groups is 1. The van der Waals surface area contributed by atoms with Gasteiger partial charge in [0.2, 0.25) is 5.91 Å². The second kappa shape index (κ2) is 9.43. The first-order valence-corrected chi connectivity index (χ1v) is 8.99. The maximum absolute atomic E-state index is 12.0. The highest BCUT2D eigenvalue weighted by molar-refractivity contribution is 6.31. The van der Waals surface area contributed by atoms with Crippen LogP contribution in [0.3, 0.4) is 0 Å². The Balaban J connectivity index is 0.00000151. The van der Waals surface area contributed by atoms with Crippen molar-refractivity contribution in [2.75, 3.05) is 5.32 Å². The second-order valence-corrected chi connectivity index (χ2v) is 7.09. The Bertz CT molecular complexity index is 725. The summed E-state index contributed by atoms with van der Waals surface area (Å²) < 4.78 is 0. The van der Waals surface area contributed by atoms with E-state index in [4.69, 9.17) is 11.6 Å². The Hall–Kier alpha value is -2.06. The van der Waals surface area contributed by atoms with Crippen LogP contribution in [0.25, 0.3) is 6.08 Å². The monoisotopic (exact) mass is 357 g/mol. The molecule has 2 aromatic rings. The molecular formula is C22H28ClNO. The van der Waals surface area contributed by atoms with Crippen LogP contribution >= 0.6 is 11.6 Å². The molecule has 1 amide bonds. The van der Waals surface area contributed by atoms with Gasteiger partial charge >= 0.3 is 0 Å². The SMILES string of the molecule is CC.Cc1ccc(Cl)cc1NC(=O)/C=C/c1ccc(C(C)(C)C)cc1. The molecule has 0 bridgehead atoms. The van der Waals surface area contributed by atoms with Crippen molar-refractivity contribution in [3.8, 4) is 0 Å². The molecule has 0 saturated carbocycles. The molecule has 0 aliphatic rings. The highest BCUT2D eigenvalue weighted by atomic mass is 35.5. The molecule has 0 aliphatic heterocycles. The lowest BCUT2D eigenvalue weighted by Gasteiger charge is -2.18. The molecule has 0 radical (unpaired) electrons. The van der Waals surface area contributed by atoms with E-state index in [1.807, 2.05) is 45.0 Å². The maximum Gasteiger partial charge on any atom is 0.248 e. The van der Waals surface area contributed by atoms with E-state index < -0.39 is 0 Å². The van der Waals surface area contributed by atoms with Gasteiger partial charge in [0.1, 0.15) is 0 Å². The van der Waals surface area contributed by atoms with Gasteiger partial charge < -0.3 is 5.32 Å². The molecule has 0 aromatic heterocycles.